The van der Waals surface area contributed by atoms with Gasteiger partial charge in [-0.1, -0.05) is 0 Å². The third-order valence-corrected chi connectivity index (χ3v) is 2.58. The van der Waals surface area contributed by atoms with Gasteiger partial charge in [0, 0.05) is 24.2 Å². The van der Waals surface area contributed by atoms with E-state index in [1.807, 2.05) is 23.7 Å². The lowest BCUT2D eigenvalue weighted by Gasteiger charge is -2.07. The minimum atomic E-state index is 0.264. The standard InChI is InChI=1S/C12H15N3O/c1-2-15-12(10(7-13)8-14-15)9-3-5-11(16)6-4-9/h3-6,8,16H,2,7,13H2,1H3. The fraction of sp³-hybridized carbons (Fsp3) is 0.250. The predicted molar refractivity (Wildman–Crippen MR) is 62.9 cm³/mol. The van der Waals surface area contributed by atoms with Gasteiger partial charge in [0.2, 0.25) is 0 Å². The molecule has 0 saturated heterocycles. The Morgan fingerprint density at radius 3 is 2.56 bits per heavy atom. The summed E-state index contributed by atoms with van der Waals surface area (Å²) in [6.07, 6.45) is 1.80. The van der Waals surface area contributed by atoms with Crippen LogP contribution in [-0.2, 0) is 13.1 Å². The molecule has 4 nitrogen and oxygen atoms in total. The van der Waals surface area contributed by atoms with Crippen LogP contribution in [0.4, 0.5) is 0 Å². The molecule has 84 valence electrons. The molecule has 0 fully saturated rings. The Bertz CT molecular complexity index is 452. The molecule has 0 radical (unpaired) electrons. The molecule has 3 N–H and O–H groups in total. The summed E-state index contributed by atoms with van der Waals surface area (Å²) < 4.78 is 1.91. The average molecular weight is 217 g/mol. The first-order chi connectivity index (χ1) is 7.76. The maximum absolute atomic E-state index is 9.26. The van der Waals surface area contributed by atoms with E-state index in [9.17, 15) is 5.11 Å². The highest BCUT2D eigenvalue weighted by atomic mass is 16.3. The zero-order chi connectivity index (χ0) is 11.5. The summed E-state index contributed by atoms with van der Waals surface area (Å²) in [6, 6.07) is 7.08. The largest absolute Gasteiger partial charge is 0.508 e. The zero-order valence-electron chi connectivity index (χ0n) is 9.22. The van der Waals surface area contributed by atoms with E-state index in [0.717, 1.165) is 23.4 Å². The molecule has 0 aliphatic carbocycles. The van der Waals surface area contributed by atoms with Crippen LogP contribution in [0, 0.1) is 0 Å². The number of hydrogen-bond acceptors (Lipinski definition) is 3. The van der Waals surface area contributed by atoms with Crippen LogP contribution in [0.15, 0.2) is 30.5 Å². The van der Waals surface area contributed by atoms with Crippen LogP contribution in [-0.4, -0.2) is 14.9 Å². The van der Waals surface area contributed by atoms with Crippen molar-refractivity contribution in [1.29, 1.82) is 0 Å². The van der Waals surface area contributed by atoms with E-state index in [4.69, 9.17) is 5.73 Å². The number of hydrogen-bond donors (Lipinski definition) is 2. The molecule has 2 aromatic rings. The number of benzene rings is 1. The number of aromatic hydroxyl groups is 1. The van der Waals surface area contributed by atoms with Crippen LogP contribution in [0.25, 0.3) is 11.3 Å². The second-order valence-electron chi connectivity index (χ2n) is 3.59. The van der Waals surface area contributed by atoms with Gasteiger partial charge in [-0.15, -0.1) is 0 Å². The normalized spacial score (nSPS) is 10.6. The van der Waals surface area contributed by atoms with Crippen molar-refractivity contribution in [1.82, 2.24) is 9.78 Å². The third-order valence-electron chi connectivity index (χ3n) is 2.58. The molecular formula is C12H15N3O. The van der Waals surface area contributed by atoms with Crippen molar-refractivity contribution in [2.45, 2.75) is 20.0 Å². The molecule has 0 bridgehead atoms. The second-order valence-corrected chi connectivity index (χ2v) is 3.59. The number of nitrogens with zero attached hydrogens (tertiary/aromatic N) is 2. The highest BCUT2D eigenvalue weighted by molar-refractivity contribution is 5.64. The van der Waals surface area contributed by atoms with Gasteiger partial charge in [0.15, 0.2) is 0 Å². The molecule has 16 heavy (non-hydrogen) atoms. The van der Waals surface area contributed by atoms with Gasteiger partial charge in [-0.3, -0.25) is 4.68 Å². The van der Waals surface area contributed by atoms with Crippen LogP contribution in [0.2, 0.25) is 0 Å². The molecule has 1 aromatic carbocycles. The van der Waals surface area contributed by atoms with Gasteiger partial charge in [-0.05, 0) is 31.2 Å². The van der Waals surface area contributed by atoms with Gasteiger partial charge in [-0.25, -0.2) is 0 Å². The van der Waals surface area contributed by atoms with E-state index in [1.165, 1.54) is 0 Å². The van der Waals surface area contributed by atoms with Gasteiger partial charge >= 0.3 is 0 Å². The van der Waals surface area contributed by atoms with Crippen LogP contribution in [0.5, 0.6) is 5.75 Å². The van der Waals surface area contributed by atoms with Crippen molar-refractivity contribution in [3.63, 3.8) is 0 Å². The van der Waals surface area contributed by atoms with Crippen molar-refractivity contribution in [2.75, 3.05) is 0 Å². The summed E-state index contributed by atoms with van der Waals surface area (Å²) in [5.41, 5.74) is 8.76. The predicted octanol–water partition coefficient (Wildman–Crippen LogP) is 1.73. The Labute approximate surface area is 94.3 Å². The Balaban J connectivity index is 2.52. The number of phenols is 1. The molecule has 0 amide bonds. The summed E-state index contributed by atoms with van der Waals surface area (Å²) in [6.45, 7) is 3.31. The lowest BCUT2D eigenvalue weighted by Crippen LogP contribution is -2.02. The Morgan fingerprint density at radius 2 is 2.00 bits per heavy atom. The van der Waals surface area contributed by atoms with Crippen molar-refractivity contribution in [2.24, 2.45) is 5.73 Å². The van der Waals surface area contributed by atoms with E-state index in [1.54, 1.807) is 18.3 Å². The third kappa shape index (κ3) is 1.79. The molecular weight excluding hydrogens is 202 g/mol. The van der Waals surface area contributed by atoms with Gasteiger partial charge in [0.1, 0.15) is 5.75 Å². The first-order valence-electron chi connectivity index (χ1n) is 5.30. The minimum absolute atomic E-state index is 0.264. The summed E-state index contributed by atoms with van der Waals surface area (Å²) >= 11 is 0. The van der Waals surface area contributed by atoms with Gasteiger partial charge in [0.25, 0.3) is 0 Å². The monoisotopic (exact) mass is 217 g/mol. The van der Waals surface area contributed by atoms with Crippen LogP contribution in [0.3, 0.4) is 0 Å². The average Bonchev–Trinajstić information content (AvgIpc) is 2.73. The lowest BCUT2D eigenvalue weighted by atomic mass is 10.1. The molecule has 1 aromatic heterocycles. The molecule has 0 unspecified atom stereocenters. The fourth-order valence-electron chi connectivity index (χ4n) is 1.77. The number of aryl methyl sites for hydroxylation is 1. The first kappa shape index (κ1) is 10.7. The maximum atomic E-state index is 9.26. The van der Waals surface area contributed by atoms with Crippen LogP contribution >= 0.6 is 0 Å². The SMILES string of the molecule is CCn1ncc(CN)c1-c1ccc(O)cc1. The van der Waals surface area contributed by atoms with Gasteiger partial charge < -0.3 is 10.8 Å². The molecule has 0 atom stereocenters. The zero-order valence-corrected chi connectivity index (χ0v) is 9.22. The van der Waals surface area contributed by atoms with E-state index in [-0.39, 0.29) is 5.75 Å². The number of phenolic OH excluding ortho intramolecular Hbond substituents is 1. The Kier molecular flexibility index (Phi) is 2.92. The molecule has 0 saturated carbocycles. The van der Waals surface area contributed by atoms with E-state index >= 15 is 0 Å². The van der Waals surface area contributed by atoms with E-state index < -0.39 is 0 Å². The van der Waals surface area contributed by atoms with Gasteiger partial charge in [-0.2, -0.15) is 5.10 Å². The topological polar surface area (TPSA) is 64.1 Å². The highest BCUT2D eigenvalue weighted by Crippen LogP contribution is 2.25. The van der Waals surface area contributed by atoms with Crippen molar-refractivity contribution in [3.8, 4) is 17.0 Å². The minimum Gasteiger partial charge on any atom is -0.508 e. The molecule has 0 aliphatic heterocycles. The molecule has 0 spiro atoms. The summed E-state index contributed by atoms with van der Waals surface area (Å²) in [4.78, 5) is 0. The number of rotatable bonds is 3. The fourth-order valence-corrected chi connectivity index (χ4v) is 1.77. The van der Waals surface area contributed by atoms with Crippen molar-refractivity contribution < 1.29 is 5.11 Å². The van der Waals surface area contributed by atoms with Crippen molar-refractivity contribution in [3.05, 3.63) is 36.0 Å². The van der Waals surface area contributed by atoms with Crippen LogP contribution in [0.1, 0.15) is 12.5 Å². The smallest absolute Gasteiger partial charge is 0.115 e. The highest BCUT2D eigenvalue weighted by Gasteiger charge is 2.10. The Hall–Kier alpha value is -1.81. The molecule has 1 heterocycles. The van der Waals surface area contributed by atoms with E-state index in [0.29, 0.717) is 6.54 Å². The quantitative estimate of drug-likeness (QED) is 0.823. The van der Waals surface area contributed by atoms with Crippen LogP contribution < -0.4 is 5.73 Å². The van der Waals surface area contributed by atoms with E-state index in [2.05, 4.69) is 5.10 Å². The first-order valence-corrected chi connectivity index (χ1v) is 5.30. The van der Waals surface area contributed by atoms with Crippen molar-refractivity contribution >= 4 is 0 Å². The number of aromatic nitrogens is 2. The maximum Gasteiger partial charge on any atom is 0.115 e. The summed E-state index contributed by atoms with van der Waals surface area (Å²) in [5, 5.41) is 13.5. The molecule has 4 heteroatoms. The molecule has 2 rings (SSSR count). The van der Waals surface area contributed by atoms with Gasteiger partial charge in [0.05, 0.1) is 11.9 Å². The Morgan fingerprint density at radius 1 is 1.31 bits per heavy atom. The number of nitrogens with two attached hydrogens (primary N) is 1. The lowest BCUT2D eigenvalue weighted by molar-refractivity contribution is 0.475. The second kappa shape index (κ2) is 4.37. The summed E-state index contributed by atoms with van der Waals surface area (Å²) in [7, 11) is 0. The molecule has 0 aliphatic rings. The summed E-state index contributed by atoms with van der Waals surface area (Å²) in [5.74, 6) is 0.264.